The van der Waals surface area contributed by atoms with Crippen molar-refractivity contribution in [2.75, 3.05) is 11.1 Å². The van der Waals surface area contributed by atoms with Gasteiger partial charge in [0.2, 0.25) is 5.91 Å². The second-order valence-corrected chi connectivity index (χ2v) is 4.46. The summed E-state index contributed by atoms with van der Waals surface area (Å²) < 4.78 is 1.86. The molecule has 0 fully saturated rings. The molecular formula is C14H13N5O. The van der Waals surface area contributed by atoms with Crippen LogP contribution < -0.4 is 11.1 Å². The highest BCUT2D eigenvalue weighted by Crippen LogP contribution is 2.20. The lowest BCUT2D eigenvalue weighted by molar-refractivity contribution is -0.114. The summed E-state index contributed by atoms with van der Waals surface area (Å²) in [5.41, 5.74) is 8.31. The average Bonchev–Trinajstić information content (AvgIpc) is 2.79. The SMILES string of the molecule is CC(=O)Nc1cn2cc(-c3ccc(N)nc3)ccc2n1. The lowest BCUT2D eigenvalue weighted by Crippen LogP contribution is -2.05. The number of anilines is 2. The zero-order valence-electron chi connectivity index (χ0n) is 10.9. The van der Waals surface area contributed by atoms with Crippen molar-refractivity contribution in [3.63, 3.8) is 0 Å². The summed E-state index contributed by atoms with van der Waals surface area (Å²) in [6, 6.07) is 7.51. The molecule has 1 amide bonds. The van der Waals surface area contributed by atoms with Crippen LogP contribution in [0.1, 0.15) is 6.92 Å². The van der Waals surface area contributed by atoms with Crippen LogP contribution in [0.25, 0.3) is 16.8 Å². The van der Waals surface area contributed by atoms with Gasteiger partial charge >= 0.3 is 0 Å². The van der Waals surface area contributed by atoms with E-state index in [0.29, 0.717) is 11.6 Å². The second-order valence-electron chi connectivity index (χ2n) is 4.46. The maximum absolute atomic E-state index is 11.0. The molecule has 0 radical (unpaired) electrons. The van der Waals surface area contributed by atoms with E-state index in [1.54, 1.807) is 18.5 Å². The Bertz CT molecular complexity index is 776. The largest absolute Gasteiger partial charge is 0.384 e. The van der Waals surface area contributed by atoms with Crippen LogP contribution in [0.3, 0.4) is 0 Å². The van der Waals surface area contributed by atoms with E-state index in [-0.39, 0.29) is 5.91 Å². The number of imidazole rings is 1. The number of nitrogens with two attached hydrogens (primary N) is 1. The molecule has 6 nitrogen and oxygen atoms in total. The number of aromatic nitrogens is 3. The molecule has 3 aromatic heterocycles. The molecule has 0 aliphatic heterocycles. The van der Waals surface area contributed by atoms with Crippen molar-refractivity contribution < 1.29 is 4.79 Å². The number of hydrogen-bond acceptors (Lipinski definition) is 4. The molecule has 3 heterocycles. The van der Waals surface area contributed by atoms with E-state index < -0.39 is 0 Å². The van der Waals surface area contributed by atoms with Crippen molar-refractivity contribution in [1.82, 2.24) is 14.4 Å². The van der Waals surface area contributed by atoms with Gasteiger partial charge < -0.3 is 15.5 Å². The van der Waals surface area contributed by atoms with Crippen LogP contribution in [0.2, 0.25) is 0 Å². The number of nitrogen functional groups attached to an aromatic ring is 1. The van der Waals surface area contributed by atoms with E-state index >= 15 is 0 Å². The third kappa shape index (κ3) is 2.31. The normalized spacial score (nSPS) is 10.7. The smallest absolute Gasteiger partial charge is 0.222 e. The Hall–Kier alpha value is -2.89. The standard InChI is InChI=1S/C14H13N5O/c1-9(20)17-13-8-19-7-11(3-5-14(19)18-13)10-2-4-12(15)16-6-10/h2-8H,1H3,(H2,15,16)(H,17,20). The summed E-state index contributed by atoms with van der Waals surface area (Å²) in [4.78, 5) is 19.4. The van der Waals surface area contributed by atoms with E-state index in [1.165, 1.54) is 6.92 Å². The van der Waals surface area contributed by atoms with Gasteiger partial charge in [-0.15, -0.1) is 0 Å². The highest BCUT2D eigenvalue weighted by molar-refractivity contribution is 5.87. The number of nitrogens with one attached hydrogen (secondary N) is 1. The minimum absolute atomic E-state index is 0.142. The summed E-state index contributed by atoms with van der Waals surface area (Å²) >= 11 is 0. The molecular weight excluding hydrogens is 254 g/mol. The third-order valence-electron chi connectivity index (χ3n) is 2.87. The van der Waals surface area contributed by atoms with E-state index in [2.05, 4.69) is 15.3 Å². The number of carbonyl (C=O) groups excluding carboxylic acids is 1. The summed E-state index contributed by atoms with van der Waals surface area (Å²) in [6.07, 6.45) is 5.42. The first kappa shape index (κ1) is 12.2. The molecule has 20 heavy (non-hydrogen) atoms. The van der Waals surface area contributed by atoms with Crippen LogP contribution in [-0.4, -0.2) is 20.3 Å². The molecule has 100 valence electrons. The van der Waals surface area contributed by atoms with Crippen molar-refractivity contribution in [3.05, 3.63) is 42.9 Å². The predicted octanol–water partition coefficient (Wildman–Crippen LogP) is 1.94. The number of carbonyl (C=O) groups is 1. The molecule has 0 aliphatic rings. The number of fused-ring (bicyclic) bond motifs is 1. The van der Waals surface area contributed by atoms with Gasteiger partial charge in [-0.05, 0) is 29.8 Å². The Kier molecular flexibility index (Phi) is 2.83. The predicted molar refractivity (Wildman–Crippen MR) is 77.1 cm³/mol. The molecule has 0 unspecified atom stereocenters. The molecule has 3 aromatic rings. The lowest BCUT2D eigenvalue weighted by atomic mass is 10.1. The number of amides is 1. The molecule has 0 spiro atoms. The summed E-state index contributed by atoms with van der Waals surface area (Å²) in [5.74, 6) is 0.881. The van der Waals surface area contributed by atoms with Gasteiger partial charge in [0.15, 0.2) is 5.82 Å². The maximum atomic E-state index is 11.0. The molecule has 0 aliphatic carbocycles. The molecule has 0 atom stereocenters. The first-order valence-electron chi connectivity index (χ1n) is 6.10. The minimum atomic E-state index is -0.142. The van der Waals surface area contributed by atoms with Crippen molar-refractivity contribution in [2.45, 2.75) is 6.92 Å². The van der Waals surface area contributed by atoms with E-state index in [4.69, 9.17) is 5.73 Å². The van der Waals surface area contributed by atoms with Gasteiger partial charge in [-0.3, -0.25) is 4.79 Å². The third-order valence-corrected chi connectivity index (χ3v) is 2.87. The first-order valence-corrected chi connectivity index (χ1v) is 6.10. The van der Waals surface area contributed by atoms with Gasteiger partial charge in [0.05, 0.1) is 6.20 Å². The van der Waals surface area contributed by atoms with Gasteiger partial charge in [0.1, 0.15) is 11.5 Å². The monoisotopic (exact) mass is 267 g/mol. The van der Waals surface area contributed by atoms with Gasteiger partial charge in [-0.1, -0.05) is 0 Å². The highest BCUT2D eigenvalue weighted by atomic mass is 16.1. The van der Waals surface area contributed by atoms with Crippen LogP contribution in [-0.2, 0) is 4.79 Å². The summed E-state index contributed by atoms with van der Waals surface area (Å²) in [5, 5.41) is 2.66. The minimum Gasteiger partial charge on any atom is -0.384 e. The van der Waals surface area contributed by atoms with Crippen LogP contribution in [0.4, 0.5) is 11.6 Å². The Morgan fingerprint density at radius 1 is 1.20 bits per heavy atom. The molecule has 0 bridgehead atoms. The van der Waals surface area contributed by atoms with Gasteiger partial charge in [0, 0.05) is 24.9 Å². The number of rotatable bonds is 2. The zero-order valence-corrected chi connectivity index (χ0v) is 10.9. The quantitative estimate of drug-likeness (QED) is 0.743. The van der Waals surface area contributed by atoms with Crippen molar-refractivity contribution >= 4 is 23.2 Å². The molecule has 0 saturated carbocycles. The van der Waals surface area contributed by atoms with Gasteiger partial charge in [0.25, 0.3) is 0 Å². The Balaban J connectivity index is 2.01. The van der Waals surface area contributed by atoms with Crippen molar-refractivity contribution in [1.29, 1.82) is 0 Å². The Morgan fingerprint density at radius 2 is 2.00 bits per heavy atom. The maximum Gasteiger partial charge on any atom is 0.222 e. The van der Waals surface area contributed by atoms with Crippen molar-refractivity contribution in [3.8, 4) is 11.1 Å². The summed E-state index contributed by atoms with van der Waals surface area (Å²) in [6.45, 7) is 1.45. The molecule has 0 saturated heterocycles. The fraction of sp³-hybridized carbons (Fsp3) is 0.0714. The number of nitrogens with zero attached hydrogens (tertiary/aromatic N) is 3. The van der Waals surface area contributed by atoms with Crippen LogP contribution in [0.5, 0.6) is 0 Å². The van der Waals surface area contributed by atoms with Crippen LogP contribution in [0.15, 0.2) is 42.9 Å². The number of hydrogen-bond donors (Lipinski definition) is 2. The lowest BCUT2D eigenvalue weighted by Gasteiger charge is -2.02. The van der Waals surface area contributed by atoms with E-state index in [1.807, 2.05) is 28.8 Å². The Morgan fingerprint density at radius 3 is 2.70 bits per heavy atom. The number of pyridine rings is 2. The zero-order chi connectivity index (χ0) is 14.1. The summed E-state index contributed by atoms with van der Waals surface area (Å²) in [7, 11) is 0. The highest BCUT2D eigenvalue weighted by Gasteiger charge is 2.05. The molecule has 3 rings (SSSR count). The van der Waals surface area contributed by atoms with E-state index in [9.17, 15) is 4.79 Å². The molecule has 0 aromatic carbocycles. The van der Waals surface area contributed by atoms with Crippen molar-refractivity contribution in [2.24, 2.45) is 0 Å². The first-order chi connectivity index (χ1) is 9.61. The topological polar surface area (TPSA) is 85.3 Å². The fourth-order valence-corrected chi connectivity index (χ4v) is 1.98. The average molecular weight is 267 g/mol. The van der Waals surface area contributed by atoms with Gasteiger partial charge in [-0.2, -0.15) is 0 Å². The van der Waals surface area contributed by atoms with Crippen LogP contribution in [0, 0.1) is 0 Å². The fourth-order valence-electron chi connectivity index (χ4n) is 1.98. The Labute approximate surface area is 115 Å². The van der Waals surface area contributed by atoms with E-state index in [0.717, 1.165) is 16.8 Å². The molecule has 6 heteroatoms. The van der Waals surface area contributed by atoms with Crippen LogP contribution >= 0.6 is 0 Å². The molecule has 3 N–H and O–H groups in total. The van der Waals surface area contributed by atoms with Gasteiger partial charge in [-0.25, -0.2) is 9.97 Å². The second kappa shape index (κ2) is 4.65.